The lowest BCUT2D eigenvalue weighted by molar-refractivity contribution is 0.168. The van der Waals surface area contributed by atoms with Gasteiger partial charge in [-0.25, -0.2) is 0 Å². The molecule has 1 fully saturated rings. The summed E-state index contributed by atoms with van der Waals surface area (Å²) in [7, 11) is 4.10. The zero-order valence-corrected chi connectivity index (χ0v) is 8.06. The van der Waals surface area contributed by atoms with Crippen LogP contribution in [0.4, 0.5) is 0 Å². The first-order valence-electron chi connectivity index (χ1n) is 4.51. The molecule has 0 amide bonds. The van der Waals surface area contributed by atoms with E-state index < -0.39 is 0 Å². The minimum absolute atomic E-state index is 0.664. The molecule has 1 aromatic rings. The normalized spacial score (nSPS) is 17.8. The van der Waals surface area contributed by atoms with Gasteiger partial charge < -0.3 is 9.88 Å². The topological polar surface area (TPSA) is 46.0 Å². The lowest BCUT2D eigenvalue weighted by Crippen LogP contribution is -2.55. The van der Waals surface area contributed by atoms with Crippen molar-refractivity contribution in [2.24, 2.45) is 7.05 Å². The van der Waals surface area contributed by atoms with E-state index in [-0.39, 0.29) is 0 Å². The van der Waals surface area contributed by atoms with Crippen LogP contribution in [0.2, 0.25) is 0 Å². The van der Waals surface area contributed by atoms with Gasteiger partial charge in [-0.2, -0.15) is 0 Å². The maximum absolute atomic E-state index is 4.05. The van der Waals surface area contributed by atoms with Crippen LogP contribution in [0.3, 0.4) is 0 Å². The Bertz CT molecular complexity index is 278. The van der Waals surface area contributed by atoms with Crippen LogP contribution in [0, 0.1) is 0 Å². The van der Waals surface area contributed by atoms with Gasteiger partial charge in [-0.3, -0.25) is 4.90 Å². The molecule has 0 bridgehead atoms. The Kier molecular flexibility index (Phi) is 2.28. The average Bonchev–Trinajstić information content (AvgIpc) is 2.32. The van der Waals surface area contributed by atoms with Gasteiger partial charge >= 0.3 is 0 Å². The molecule has 0 unspecified atom stereocenters. The molecule has 5 heteroatoms. The number of likely N-dealkylation sites (N-methyl/N-ethyl adjacent to an activating group) is 1. The molecule has 0 atom stereocenters. The predicted octanol–water partition coefficient (Wildman–Crippen LogP) is -0.781. The summed E-state index contributed by atoms with van der Waals surface area (Å²) in [5.74, 6) is 1.02. The Balaban J connectivity index is 1.93. The smallest absolute Gasteiger partial charge is 0.146 e. The Morgan fingerprint density at radius 1 is 1.69 bits per heavy atom. The summed E-state index contributed by atoms with van der Waals surface area (Å²) in [5, 5.41) is 11.1. The molecule has 2 heterocycles. The maximum atomic E-state index is 4.05. The molecule has 1 aliphatic heterocycles. The quantitative estimate of drug-likeness (QED) is 0.664. The van der Waals surface area contributed by atoms with E-state index in [1.165, 1.54) is 0 Å². The molecule has 0 radical (unpaired) electrons. The van der Waals surface area contributed by atoms with E-state index in [2.05, 4.69) is 27.5 Å². The highest BCUT2D eigenvalue weighted by atomic mass is 15.3. The van der Waals surface area contributed by atoms with Crippen molar-refractivity contribution in [2.45, 2.75) is 12.6 Å². The standard InChI is InChI=1S/C8H15N5/c1-12(7-3-9-4-7)5-8-11-10-6-13(8)2/h6-7,9H,3-5H2,1-2H3. The van der Waals surface area contributed by atoms with Crippen LogP contribution in [-0.2, 0) is 13.6 Å². The van der Waals surface area contributed by atoms with Crippen molar-refractivity contribution in [3.8, 4) is 0 Å². The van der Waals surface area contributed by atoms with Crippen molar-refractivity contribution in [1.82, 2.24) is 25.0 Å². The molecule has 1 aromatic heterocycles. The van der Waals surface area contributed by atoms with Crippen LogP contribution in [0.1, 0.15) is 5.82 Å². The van der Waals surface area contributed by atoms with E-state index in [1.54, 1.807) is 6.33 Å². The molecule has 72 valence electrons. The van der Waals surface area contributed by atoms with E-state index in [4.69, 9.17) is 0 Å². The molecule has 0 aromatic carbocycles. The van der Waals surface area contributed by atoms with Gasteiger partial charge in [-0.15, -0.1) is 10.2 Å². The van der Waals surface area contributed by atoms with E-state index in [0.717, 1.165) is 25.5 Å². The summed E-state index contributed by atoms with van der Waals surface area (Å²) in [5.41, 5.74) is 0. The highest BCUT2D eigenvalue weighted by Crippen LogP contribution is 2.05. The lowest BCUT2D eigenvalue weighted by atomic mass is 10.1. The SMILES string of the molecule is CN(Cc1nncn1C)C1CNC1. The van der Waals surface area contributed by atoms with Crippen LogP contribution in [0.5, 0.6) is 0 Å². The van der Waals surface area contributed by atoms with Gasteiger partial charge in [0.25, 0.3) is 0 Å². The number of rotatable bonds is 3. The second-order valence-corrected chi connectivity index (χ2v) is 3.59. The number of aromatic nitrogens is 3. The number of hydrogen-bond donors (Lipinski definition) is 1. The minimum Gasteiger partial charge on any atom is -0.320 e. The van der Waals surface area contributed by atoms with Gasteiger partial charge in [0.1, 0.15) is 12.2 Å². The molecule has 2 rings (SSSR count). The second-order valence-electron chi connectivity index (χ2n) is 3.59. The fraction of sp³-hybridized carbons (Fsp3) is 0.750. The third-order valence-corrected chi connectivity index (χ3v) is 2.58. The average molecular weight is 181 g/mol. The molecule has 13 heavy (non-hydrogen) atoms. The van der Waals surface area contributed by atoms with Gasteiger partial charge in [-0.05, 0) is 7.05 Å². The molecule has 0 spiro atoms. The zero-order chi connectivity index (χ0) is 9.26. The number of nitrogens with zero attached hydrogens (tertiary/aromatic N) is 4. The molecule has 1 N–H and O–H groups in total. The Labute approximate surface area is 77.8 Å². The summed E-state index contributed by atoms with van der Waals surface area (Å²) in [6.07, 6.45) is 1.74. The highest BCUT2D eigenvalue weighted by molar-refractivity contribution is 4.89. The molecule has 1 aliphatic rings. The van der Waals surface area contributed by atoms with Crippen molar-refractivity contribution in [3.63, 3.8) is 0 Å². The van der Waals surface area contributed by atoms with Crippen LogP contribution in [0.15, 0.2) is 6.33 Å². The van der Waals surface area contributed by atoms with Gasteiger partial charge in [0.05, 0.1) is 6.54 Å². The second kappa shape index (κ2) is 3.43. The van der Waals surface area contributed by atoms with Crippen LogP contribution in [-0.4, -0.2) is 45.8 Å². The minimum atomic E-state index is 0.664. The predicted molar refractivity (Wildman–Crippen MR) is 49.1 cm³/mol. The Hall–Kier alpha value is -0.940. The number of nitrogens with one attached hydrogen (secondary N) is 1. The van der Waals surface area contributed by atoms with Crippen LogP contribution >= 0.6 is 0 Å². The van der Waals surface area contributed by atoms with E-state index in [9.17, 15) is 0 Å². The fourth-order valence-electron chi connectivity index (χ4n) is 1.39. The summed E-state index contributed by atoms with van der Waals surface area (Å²) < 4.78 is 1.96. The molecule has 5 nitrogen and oxygen atoms in total. The molecule has 1 saturated heterocycles. The summed E-state index contributed by atoms with van der Waals surface area (Å²) in [6, 6.07) is 0.664. The first-order chi connectivity index (χ1) is 6.27. The summed E-state index contributed by atoms with van der Waals surface area (Å²) in [4.78, 5) is 2.31. The highest BCUT2D eigenvalue weighted by Gasteiger charge is 2.22. The van der Waals surface area contributed by atoms with Gasteiger partial charge in [-0.1, -0.05) is 0 Å². The van der Waals surface area contributed by atoms with E-state index in [1.807, 2.05) is 11.6 Å². The van der Waals surface area contributed by atoms with Crippen molar-refractivity contribution in [1.29, 1.82) is 0 Å². The third kappa shape index (κ3) is 1.71. The van der Waals surface area contributed by atoms with Crippen molar-refractivity contribution >= 4 is 0 Å². The Morgan fingerprint density at radius 3 is 2.92 bits per heavy atom. The number of hydrogen-bond acceptors (Lipinski definition) is 4. The first kappa shape index (κ1) is 8.65. The molecule has 0 saturated carbocycles. The molecular weight excluding hydrogens is 166 g/mol. The third-order valence-electron chi connectivity index (χ3n) is 2.58. The van der Waals surface area contributed by atoms with E-state index >= 15 is 0 Å². The van der Waals surface area contributed by atoms with Crippen molar-refractivity contribution in [2.75, 3.05) is 20.1 Å². The van der Waals surface area contributed by atoms with Gasteiger partial charge in [0.15, 0.2) is 0 Å². The summed E-state index contributed by atoms with van der Waals surface area (Å²) >= 11 is 0. The zero-order valence-electron chi connectivity index (χ0n) is 8.06. The van der Waals surface area contributed by atoms with Gasteiger partial charge in [0.2, 0.25) is 0 Å². The summed E-state index contributed by atoms with van der Waals surface area (Å²) in [6.45, 7) is 3.06. The van der Waals surface area contributed by atoms with Gasteiger partial charge in [0, 0.05) is 26.2 Å². The van der Waals surface area contributed by atoms with E-state index in [0.29, 0.717) is 6.04 Å². The maximum Gasteiger partial charge on any atom is 0.146 e. The number of aryl methyl sites for hydroxylation is 1. The molecular formula is C8H15N5. The first-order valence-corrected chi connectivity index (χ1v) is 4.51. The Morgan fingerprint density at radius 2 is 2.46 bits per heavy atom. The van der Waals surface area contributed by atoms with Crippen molar-refractivity contribution < 1.29 is 0 Å². The van der Waals surface area contributed by atoms with Crippen molar-refractivity contribution in [3.05, 3.63) is 12.2 Å². The van der Waals surface area contributed by atoms with Crippen LogP contribution < -0.4 is 5.32 Å². The van der Waals surface area contributed by atoms with Crippen LogP contribution in [0.25, 0.3) is 0 Å². The fourth-order valence-corrected chi connectivity index (χ4v) is 1.39. The monoisotopic (exact) mass is 181 g/mol. The molecule has 0 aliphatic carbocycles. The largest absolute Gasteiger partial charge is 0.320 e. The lowest BCUT2D eigenvalue weighted by Gasteiger charge is -2.35.